The van der Waals surface area contributed by atoms with Gasteiger partial charge in [0.25, 0.3) is 5.91 Å². The van der Waals surface area contributed by atoms with Gasteiger partial charge in [-0.15, -0.1) is 0 Å². The average Bonchev–Trinajstić information content (AvgIpc) is 3.10. The minimum atomic E-state index is -0.142. The first kappa shape index (κ1) is 21.3. The van der Waals surface area contributed by atoms with Gasteiger partial charge in [-0.2, -0.15) is 5.10 Å². The fraction of sp³-hybridized carbons (Fsp3) is 0.391. The number of piperidine rings is 1. The molecule has 162 valence electrons. The molecule has 1 unspecified atom stereocenters. The molecule has 2 aromatic heterocycles. The molecule has 8 heteroatoms. The highest BCUT2D eigenvalue weighted by Crippen LogP contribution is 2.37. The largest absolute Gasteiger partial charge is 0.347 e. The maximum atomic E-state index is 13.5. The third kappa shape index (κ3) is 4.28. The number of hydrogen-bond donors (Lipinski definition) is 0. The summed E-state index contributed by atoms with van der Waals surface area (Å²) in [5.41, 5.74) is 4.09. The number of amides is 1. The van der Waals surface area contributed by atoms with Gasteiger partial charge in [-0.3, -0.25) is 9.48 Å². The Morgan fingerprint density at radius 1 is 1.26 bits per heavy atom. The monoisotopic (exact) mass is 438 g/mol. The molecule has 1 amide bonds. The molecule has 0 radical (unpaired) electrons. The Hall–Kier alpha value is -2.93. The molecule has 4 rings (SSSR count). The highest BCUT2D eigenvalue weighted by Gasteiger charge is 2.33. The molecule has 0 bridgehead atoms. The zero-order valence-electron chi connectivity index (χ0n) is 18.3. The number of hydrogen-bond acceptors (Lipinski definition) is 5. The minimum Gasteiger partial charge on any atom is -0.347 e. The molecule has 1 atom stereocenters. The Labute approximate surface area is 187 Å². The molecule has 3 aromatic rings. The highest BCUT2D eigenvalue weighted by atomic mass is 35.5. The highest BCUT2D eigenvalue weighted by molar-refractivity contribution is 6.30. The maximum absolute atomic E-state index is 13.5. The van der Waals surface area contributed by atoms with Crippen LogP contribution < -0.4 is 4.90 Å². The lowest BCUT2D eigenvalue weighted by Gasteiger charge is -2.36. The number of anilines is 1. The summed E-state index contributed by atoms with van der Waals surface area (Å²) < 4.78 is 1.69. The number of halogens is 1. The van der Waals surface area contributed by atoms with E-state index in [1.807, 2.05) is 68.3 Å². The van der Waals surface area contributed by atoms with Crippen molar-refractivity contribution in [2.45, 2.75) is 32.2 Å². The van der Waals surface area contributed by atoms with Gasteiger partial charge in [0.1, 0.15) is 0 Å². The first-order valence-electron chi connectivity index (χ1n) is 10.5. The van der Waals surface area contributed by atoms with Gasteiger partial charge in [-0.1, -0.05) is 23.7 Å². The molecule has 1 aliphatic heterocycles. The van der Waals surface area contributed by atoms with E-state index in [-0.39, 0.29) is 11.9 Å². The molecule has 0 N–H and O–H groups in total. The summed E-state index contributed by atoms with van der Waals surface area (Å²) in [6, 6.07) is 7.55. The second-order valence-electron chi connectivity index (χ2n) is 8.19. The molecule has 1 aliphatic rings. The summed E-state index contributed by atoms with van der Waals surface area (Å²) in [5.74, 6) is 0.619. The van der Waals surface area contributed by atoms with E-state index >= 15 is 0 Å². The molecule has 7 nitrogen and oxygen atoms in total. The first-order valence-corrected chi connectivity index (χ1v) is 10.8. The molecule has 1 saturated heterocycles. The number of benzene rings is 1. The maximum Gasteiger partial charge on any atom is 0.257 e. The van der Waals surface area contributed by atoms with Gasteiger partial charge in [0, 0.05) is 50.7 Å². The molecule has 0 aliphatic carbocycles. The number of rotatable bonds is 4. The van der Waals surface area contributed by atoms with Crippen molar-refractivity contribution in [2.75, 3.05) is 25.5 Å². The van der Waals surface area contributed by atoms with E-state index < -0.39 is 0 Å². The van der Waals surface area contributed by atoms with Crippen LogP contribution in [0.2, 0.25) is 5.02 Å². The summed E-state index contributed by atoms with van der Waals surface area (Å²) >= 11 is 6.27. The van der Waals surface area contributed by atoms with E-state index in [9.17, 15) is 4.79 Å². The number of carbonyl (C=O) groups is 1. The van der Waals surface area contributed by atoms with Crippen LogP contribution in [0.4, 0.5) is 5.95 Å². The van der Waals surface area contributed by atoms with Crippen molar-refractivity contribution in [3.63, 3.8) is 0 Å². The van der Waals surface area contributed by atoms with Crippen molar-refractivity contribution in [3.8, 4) is 11.1 Å². The summed E-state index contributed by atoms with van der Waals surface area (Å²) in [6.07, 6.45) is 6.50. The van der Waals surface area contributed by atoms with Crippen LogP contribution in [0.1, 0.15) is 47.1 Å². The molecule has 0 spiro atoms. The molecule has 0 saturated carbocycles. The number of aromatic nitrogens is 4. The van der Waals surface area contributed by atoms with Crippen LogP contribution in [0.15, 0.2) is 36.7 Å². The zero-order chi connectivity index (χ0) is 22.1. The van der Waals surface area contributed by atoms with Gasteiger partial charge in [0.05, 0.1) is 23.0 Å². The van der Waals surface area contributed by atoms with E-state index in [1.165, 1.54) is 0 Å². The van der Waals surface area contributed by atoms with Crippen molar-refractivity contribution < 1.29 is 4.79 Å². The molecule has 1 aromatic carbocycles. The quantitative estimate of drug-likeness (QED) is 0.608. The van der Waals surface area contributed by atoms with Crippen LogP contribution in [0.3, 0.4) is 0 Å². The number of carbonyl (C=O) groups excluding carboxylic acids is 1. The van der Waals surface area contributed by atoms with Crippen LogP contribution in [-0.4, -0.2) is 51.2 Å². The van der Waals surface area contributed by atoms with E-state index in [4.69, 9.17) is 16.6 Å². The topological polar surface area (TPSA) is 67.2 Å². The van der Waals surface area contributed by atoms with Crippen LogP contribution in [0, 0.1) is 6.92 Å². The second kappa shape index (κ2) is 8.67. The zero-order valence-corrected chi connectivity index (χ0v) is 19.1. The normalized spacial score (nSPS) is 16.4. The van der Waals surface area contributed by atoms with Gasteiger partial charge >= 0.3 is 0 Å². The predicted molar refractivity (Wildman–Crippen MR) is 122 cm³/mol. The number of likely N-dealkylation sites (tertiary alicyclic amines) is 1. The van der Waals surface area contributed by atoms with Crippen LogP contribution in [-0.2, 0) is 7.05 Å². The van der Waals surface area contributed by atoms with E-state index in [0.717, 1.165) is 41.8 Å². The SMILES string of the molecule is Cc1nn(C)cc1C(=O)N1CCCCC1c1nc(N(C)C)ncc1-c1cccc(Cl)c1. The van der Waals surface area contributed by atoms with Gasteiger partial charge in [-0.05, 0) is 43.9 Å². The van der Waals surface area contributed by atoms with E-state index in [1.54, 1.807) is 10.9 Å². The average molecular weight is 439 g/mol. The fourth-order valence-electron chi connectivity index (χ4n) is 4.16. The molecule has 1 fully saturated rings. The summed E-state index contributed by atoms with van der Waals surface area (Å²) in [5, 5.41) is 5.01. The summed E-state index contributed by atoms with van der Waals surface area (Å²) in [4.78, 5) is 26.8. The summed E-state index contributed by atoms with van der Waals surface area (Å²) in [7, 11) is 5.67. The Bertz CT molecular complexity index is 1110. The van der Waals surface area contributed by atoms with Crippen molar-refractivity contribution >= 4 is 23.5 Å². The van der Waals surface area contributed by atoms with Crippen molar-refractivity contribution in [2.24, 2.45) is 7.05 Å². The lowest BCUT2D eigenvalue weighted by atomic mass is 9.93. The van der Waals surface area contributed by atoms with Gasteiger partial charge in [-0.25, -0.2) is 9.97 Å². The Balaban J connectivity index is 1.82. The summed E-state index contributed by atoms with van der Waals surface area (Å²) in [6.45, 7) is 2.56. The van der Waals surface area contributed by atoms with Crippen LogP contribution in [0.5, 0.6) is 0 Å². The third-order valence-electron chi connectivity index (χ3n) is 5.66. The fourth-order valence-corrected chi connectivity index (χ4v) is 4.35. The van der Waals surface area contributed by atoms with E-state index in [2.05, 4.69) is 10.1 Å². The number of aryl methyl sites for hydroxylation is 2. The second-order valence-corrected chi connectivity index (χ2v) is 8.62. The Morgan fingerprint density at radius 2 is 2.06 bits per heavy atom. The van der Waals surface area contributed by atoms with Gasteiger partial charge in [0.15, 0.2) is 0 Å². The van der Waals surface area contributed by atoms with Crippen molar-refractivity contribution in [1.29, 1.82) is 0 Å². The Morgan fingerprint density at radius 3 is 2.74 bits per heavy atom. The standard InChI is InChI=1S/C23H27ClN6O/c1-15-19(14-29(4)27-15)22(31)30-11-6-5-10-20(30)21-18(13-25-23(26-21)28(2)3)16-8-7-9-17(24)12-16/h7-9,12-14,20H,5-6,10-11H2,1-4H3. The van der Waals surface area contributed by atoms with E-state index in [0.29, 0.717) is 23.1 Å². The van der Waals surface area contributed by atoms with Crippen LogP contribution >= 0.6 is 11.6 Å². The molecule has 3 heterocycles. The van der Waals surface area contributed by atoms with Gasteiger partial charge < -0.3 is 9.80 Å². The first-order chi connectivity index (χ1) is 14.8. The third-order valence-corrected chi connectivity index (χ3v) is 5.90. The lowest BCUT2D eigenvalue weighted by Crippen LogP contribution is -2.39. The van der Waals surface area contributed by atoms with Crippen molar-refractivity contribution in [3.05, 3.63) is 58.6 Å². The number of nitrogens with zero attached hydrogens (tertiary/aromatic N) is 6. The molecular formula is C23H27ClN6O. The molecular weight excluding hydrogens is 412 g/mol. The van der Waals surface area contributed by atoms with Crippen LogP contribution in [0.25, 0.3) is 11.1 Å². The Kier molecular flexibility index (Phi) is 5.96. The lowest BCUT2D eigenvalue weighted by molar-refractivity contribution is 0.0606. The smallest absolute Gasteiger partial charge is 0.257 e. The predicted octanol–water partition coefficient (Wildman–Crippen LogP) is 4.27. The van der Waals surface area contributed by atoms with Gasteiger partial charge in [0.2, 0.25) is 5.95 Å². The van der Waals surface area contributed by atoms with Crippen molar-refractivity contribution in [1.82, 2.24) is 24.6 Å². The molecule has 31 heavy (non-hydrogen) atoms. The minimum absolute atomic E-state index is 0.00245.